The van der Waals surface area contributed by atoms with Crippen molar-refractivity contribution < 1.29 is 14.3 Å². The number of aryl methyl sites for hydroxylation is 1. The molecule has 1 fully saturated rings. The Bertz CT molecular complexity index is 1080. The van der Waals surface area contributed by atoms with E-state index in [0.29, 0.717) is 5.75 Å². The predicted molar refractivity (Wildman–Crippen MR) is 111 cm³/mol. The Labute approximate surface area is 169 Å². The standard InChI is InChI=1S/C24H20N2O3/c1-16-11-13-17(14-12-16)23-25(18-7-3-2-4-8-18)22(27)15-20-24(28)29-21-10-6-5-9-19(21)26(20)23/h2-14,20,23H,15H2,1H3. The van der Waals surface area contributed by atoms with E-state index in [1.165, 1.54) is 0 Å². The van der Waals surface area contributed by atoms with E-state index < -0.39 is 12.2 Å². The fourth-order valence-electron chi connectivity index (χ4n) is 4.15. The lowest BCUT2D eigenvalue weighted by molar-refractivity contribution is -0.140. The molecule has 0 spiro atoms. The van der Waals surface area contributed by atoms with Gasteiger partial charge in [0.25, 0.3) is 0 Å². The minimum absolute atomic E-state index is 0.0738. The Balaban J connectivity index is 1.73. The lowest BCUT2D eigenvalue weighted by Crippen LogP contribution is -2.60. The Morgan fingerprint density at radius 2 is 1.55 bits per heavy atom. The van der Waals surface area contributed by atoms with Crippen LogP contribution in [0.4, 0.5) is 11.4 Å². The number of amides is 1. The Morgan fingerprint density at radius 3 is 2.31 bits per heavy atom. The molecule has 1 amide bonds. The first kappa shape index (κ1) is 17.5. The maximum atomic E-state index is 13.2. The highest BCUT2D eigenvalue weighted by Crippen LogP contribution is 2.45. The van der Waals surface area contributed by atoms with Gasteiger partial charge in [0.05, 0.1) is 12.1 Å². The summed E-state index contributed by atoms with van der Waals surface area (Å²) in [6.07, 6.45) is -0.372. The van der Waals surface area contributed by atoms with Gasteiger partial charge in [0.2, 0.25) is 5.91 Å². The third kappa shape index (κ3) is 2.86. The number of carbonyl (C=O) groups is 2. The molecule has 2 aliphatic rings. The number of ether oxygens (including phenoxy) is 1. The van der Waals surface area contributed by atoms with Crippen LogP contribution in [0.1, 0.15) is 23.7 Å². The molecule has 2 atom stereocenters. The van der Waals surface area contributed by atoms with Gasteiger partial charge in [-0.1, -0.05) is 60.2 Å². The molecular formula is C24H20N2O3. The minimum Gasteiger partial charge on any atom is -0.423 e. The zero-order valence-electron chi connectivity index (χ0n) is 16.0. The molecule has 3 aromatic carbocycles. The number of esters is 1. The van der Waals surface area contributed by atoms with Crippen LogP contribution in [0.15, 0.2) is 78.9 Å². The van der Waals surface area contributed by atoms with E-state index in [1.54, 1.807) is 11.0 Å². The van der Waals surface area contributed by atoms with E-state index in [1.807, 2.05) is 84.6 Å². The molecule has 2 aliphatic heterocycles. The molecule has 0 aromatic heterocycles. The maximum absolute atomic E-state index is 13.2. The van der Waals surface area contributed by atoms with E-state index in [9.17, 15) is 9.59 Å². The number of anilines is 2. The molecule has 0 bridgehead atoms. The van der Waals surface area contributed by atoms with E-state index in [0.717, 1.165) is 22.5 Å². The zero-order chi connectivity index (χ0) is 20.0. The molecule has 2 heterocycles. The number of hydrogen-bond acceptors (Lipinski definition) is 4. The average molecular weight is 384 g/mol. The molecule has 0 saturated carbocycles. The fourth-order valence-corrected chi connectivity index (χ4v) is 4.15. The highest BCUT2D eigenvalue weighted by atomic mass is 16.5. The minimum atomic E-state index is -0.649. The number of rotatable bonds is 2. The van der Waals surface area contributed by atoms with Crippen LogP contribution in [0.5, 0.6) is 5.75 Å². The van der Waals surface area contributed by atoms with Crippen LogP contribution in [0.2, 0.25) is 0 Å². The molecule has 5 heteroatoms. The van der Waals surface area contributed by atoms with Crippen molar-refractivity contribution in [2.24, 2.45) is 0 Å². The van der Waals surface area contributed by atoms with Crippen molar-refractivity contribution in [1.29, 1.82) is 0 Å². The summed E-state index contributed by atoms with van der Waals surface area (Å²) in [4.78, 5) is 29.8. The molecule has 3 aromatic rings. The summed E-state index contributed by atoms with van der Waals surface area (Å²) < 4.78 is 5.54. The molecular weight excluding hydrogens is 364 g/mol. The molecule has 144 valence electrons. The summed E-state index contributed by atoms with van der Waals surface area (Å²) in [5.74, 6) is 0.0365. The average Bonchev–Trinajstić information content (AvgIpc) is 2.74. The van der Waals surface area contributed by atoms with Crippen molar-refractivity contribution in [3.05, 3.63) is 90.0 Å². The largest absolute Gasteiger partial charge is 0.423 e. The topological polar surface area (TPSA) is 49.9 Å². The smallest absolute Gasteiger partial charge is 0.334 e. The predicted octanol–water partition coefficient (Wildman–Crippen LogP) is 4.22. The van der Waals surface area contributed by atoms with Gasteiger partial charge in [-0.15, -0.1) is 0 Å². The highest BCUT2D eigenvalue weighted by molar-refractivity contribution is 6.02. The Kier molecular flexibility index (Phi) is 4.09. The molecule has 0 N–H and O–H groups in total. The monoisotopic (exact) mass is 384 g/mol. The first-order valence-electron chi connectivity index (χ1n) is 9.66. The van der Waals surface area contributed by atoms with Crippen molar-refractivity contribution in [1.82, 2.24) is 0 Å². The number of nitrogens with zero attached hydrogens (tertiary/aromatic N) is 2. The van der Waals surface area contributed by atoms with Crippen molar-refractivity contribution in [2.45, 2.75) is 25.6 Å². The van der Waals surface area contributed by atoms with Crippen LogP contribution < -0.4 is 14.5 Å². The molecule has 2 unspecified atom stereocenters. The van der Waals surface area contributed by atoms with Gasteiger partial charge < -0.3 is 9.64 Å². The SMILES string of the molecule is Cc1ccc(C2N(c3ccccc3)C(=O)CC3C(=O)Oc4ccccc4N32)cc1. The lowest BCUT2D eigenvalue weighted by atomic mass is 9.96. The zero-order valence-corrected chi connectivity index (χ0v) is 16.0. The number of hydrogen-bond donors (Lipinski definition) is 0. The number of fused-ring (bicyclic) bond motifs is 3. The second-order valence-electron chi connectivity index (χ2n) is 7.40. The summed E-state index contributed by atoms with van der Waals surface area (Å²) in [7, 11) is 0. The molecule has 29 heavy (non-hydrogen) atoms. The quantitative estimate of drug-likeness (QED) is 0.490. The number of benzene rings is 3. The van der Waals surface area contributed by atoms with Gasteiger partial charge in [0.1, 0.15) is 12.2 Å². The Hall–Kier alpha value is -3.60. The van der Waals surface area contributed by atoms with Crippen molar-refractivity contribution in [2.75, 3.05) is 9.80 Å². The van der Waals surface area contributed by atoms with Crippen molar-refractivity contribution in [3.8, 4) is 5.75 Å². The van der Waals surface area contributed by atoms with Crippen molar-refractivity contribution in [3.63, 3.8) is 0 Å². The van der Waals surface area contributed by atoms with Gasteiger partial charge in [-0.2, -0.15) is 0 Å². The first-order chi connectivity index (χ1) is 14.1. The van der Waals surface area contributed by atoms with Gasteiger partial charge >= 0.3 is 5.97 Å². The molecule has 0 aliphatic carbocycles. The van der Waals surface area contributed by atoms with Crippen molar-refractivity contribution >= 4 is 23.3 Å². The van der Waals surface area contributed by atoms with Crippen LogP contribution >= 0.6 is 0 Å². The summed E-state index contributed by atoms with van der Waals surface area (Å²) >= 11 is 0. The van der Waals surface area contributed by atoms with Crippen LogP contribution in [0.25, 0.3) is 0 Å². The van der Waals surface area contributed by atoms with Crippen LogP contribution in [-0.2, 0) is 9.59 Å². The van der Waals surface area contributed by atoms with E-state index in [2.05, 4.69) is 0 Å². The highest BCUT2D eigenvalue weighted by Gasteiger charge is 2.48. The summed E-state index contributed by atoms with van der Waals surface area (Å²) in [6, 6.07) is 24.6. The maximum Gasteiger partial charge on any atom is 0.334 e. The number of para-hydroxylation sites is 3. The number of carbonyl (C=O) groups excluding carboxylic acids is 2. The van der Waals surface area contributed by atoms with E-state index in [-0.39, 0.29) is 18.3 Å². The second-order valence-corrected chi connectivity index (χ2v) is 7.40. The summed E-state index contributed by atoms with van der Waals surface area (Å²) in [5, 5.41) is 0. The second kappa shape index (κ2) is 6.78. The summed E-state index contributed by atoms with van der Waals surface area (Å²) in [5.41, 5.74) is 3.70. The molecule has 0 radical (unpaired) electrons. The fraction of sp³-hybridized carbons (Fsp3) is 0.167. The van der Waals surface area contributed by atoms with Crippen LogP contribution in [0, 0.1) is 6.92 Å². The molecule has 5 rings (SSSR count). The third-order valence-corrected chi connectivity index (χ3v) is 5.52. The lowest BCUT2D eigenvalue weighted by Gasteiger charge is -2.50. The third-order valence-electron chi connectivity index (χ3n) is 5.52. The van der Waals surface area contributed by atoms with Crippen LogP contribution in [0.3, 0.4) is 0 Å². The van der Waals surface area contributed by atoms with E-state index >= 15 is 0 Å². The first-order valence-corrected chi connectivity index (χ1v) is 9.66. The van der Waals surface area contributed by atoms with Crippen LogP contribution in [-0.4, -0.2) is 17.9 Å². The van der Waals surface area contributed by atoms with Gasteiger partial charge in [-0.25, -0.2) is 4.79 Å². The summed E-state index contributed by atoms with van der Waals surface area (Å²) in [6.45, 7) is 2.03. The van der Waals surface area contributed by atoms with Gasteiger partial charge in [-0.3, -0.25) is 9.69 Å². The van der Waals surface area contributed by atoms with Gasteiger partial charge in [0, 0.05) is 5.69 Å². The molecule has 1 saturated heterocycles. The van der Waals surface area contributed by atoms with Gasteiger partial charge in [-0.05, 0) is 36.8 Å². The molecule has 5 nitrogen and oxygen atoms in total. The van der Waals surface area contributed by atoms with Gasteiger partial charge in [0.15, 0.2) is 5.75 Å². The normalized spacial score (nSPS) is 20.7. The van der Waals surface area contributed by atoms with E-state index in [4.69, 9.17) is 4.74 Å². The Morgan fingerprint density at radius 1 is 0.862 bits per heavy atom.